The van der Waals surface area contributed by atoms with E-state index in [2.05, 4.69) is 55.5 Å². The molecule has 0 aromatic rings. The van der Waals surface area contributed by atoms with Gasteiger partial charge in [-0.3, -0.25) is 9.50 Å². The highest BCUT2D eigenvalue weighted by atomic mass is 19.0. The van der Waals surface area contributed by atoms with Crippen molar-refractivity contribution in [2.75, 3.05) is 0 Å². The smallest absolute Gasteiger partial charge is 0.306 e. The molecule has 24 heavy (non-hydrogen) atoms. The van der Waals surface area contributed by atoms with E-state index in [0.717, 1.165) is 25.7 Å². The second-order valence-corrected chi connectivity index (χ2v) is 5.91. The van der Waals surface area contributed by atoms with Gasteiger partial charge in [0.15, 0.2) is 0 Å². The molecule has 1 unspecified atom stereocenters. The van der Waals surface area contributed by atoms with Crippen molar-refractivity contribution >= 4 is 5.97 Å². The summed E-state index contributed by atoms with van der Waals surface area (Å²) in [6.07, 6.45) is 27.1. The molecule has 0 amide bonds. The Bertz CT molecular complexity index is 395. The lowest BCUT2D eigenvalue weighted by molar-refractivity contribution is -0.141. The van der Waals surface area contributed by atoms with Gasteiger partial charge in [0, 0.05) is 0 Å². The number of hydrogen-bond donors (Lipinski definition) is 1. The lowest BCUT2D eigenvalue weighted by Gasteiger charge is -2.01. The topological polar surface area (TPSA) is 37.3 Å². The van der Waals surface area contributed by atoms with E-state index in [-0.39, 0.29) is 10.6 Å². The first-order valence-electron chi connectivity index (χ1n) is 9.01. The third-order valence-electron chi connectivity index (χ3n) is 3.65. The minimum Gasteiger partial charge on any atom is -0.481 e. The van der Waals surface area contributed by atoms with E-state index in [1.54, 1.807) is 6.92 Å². The molecule has 0 aliphatic carbocycles. The quantitative estimate of drug-likeness (QED) is 0.285. The average Bonchev–Trinajstić information content (AvgIpc) is 2.54. The highest BCUT2D eigenvalue weighted by molar-refractivity contribution is 5.69. The number of rotatable bonds is 14. The van der Waals surface area contributed by atoms with Crippen molar-refractivity contribution in [1.82, 2.24) is 0 Å². The van der Waals surface area contributed by atoms with Crippen molar-refractivity contribution < 1.29 is 14.6 Å². The Labute approximate surface area is 147 Å². The first kappa shape index (κ1) is 24.6. The van der Waals surface area contributed by atoms with Gasteiger partial charge in [-0.25, -0.2) is 0 Å². The molecule has 3 heteroatoms. The maximum absolute atomic E-state index is 10.6. The third-order valence-corrected chi connectivity index (χ3v) is 3.65. The molecule has 0 aliphatic rings. The Morgan fingerprint density at radius 2 is 1.29 bits per heavy atom. The second-order valence-electron chi connectivity index (χ2n) is 5.91. The Morgan fingerprint density at radius 1 is 0.833 bits per heavy atom. The molecule has 2 nitrogen and oxygen atoms in total. The van der Waals surface area contributed by atoms with Crippen molar-refractivity contribution in [1.29, 1.82) is 0 Å². The zero-order valence-corrected chi connectivity index (χ0v) is 15.3. The molecule has 0 aromatic heterocycles. The molecule has 0 spiro atoms. The van der Waals surface area contributed by atoms with E-state index in [1.165, 1.54) is 25.7 Å². The van der Waals surface area contributed by atoms with Gasteiger partial charge in [-0.15, -0.1) is 0 Å². The predicted octanol–water partition coefficient (Wildman–Crippen LogP) is 6.62. The summed E-state index contributed by atoms with van der Waals surface area (Å²) < 4.78 is 0. The van der Waals surface area contributed by atoms with Crippen molar-refractivity contribution in [3.05, 3.63) is 48.6 Å². The fourth-order valence-electron chi connectivity index (χ4n) is 2.03. The summed E-state index contributed by atoms with van der Waals surface area (Å²) in [4.78, 5) is 10.6. The van der Waals surface area contributed by atoms with Crippen LogP contribution in [0.15, 0.2) is 48.6 Å². The van der Waals surface area contributed by atoms with Gasteiger partial charge < -0.3 is 5.11 Å². The number of halogens is 1. The first-order chi connectivity index (χ1) is 11.2. The highest BCUT2D eigenvalue weighted by Gasteiger charge is 2.08. The number of aliphatic carboxylic acids is 1. The van der Waals surface area contributed by atoms with Crippen molar-refractivity contribution in [2.45, 2.75) is 71.6 Å². The van der Waals surface area contributed by atoms with Crippen LogP contribution in [0.4, 0.5) is 4.70 Å². The summed E-state index contributed by atoms with van der Waals surface area (Å²) in [5.41, 5.74) is 0. The molecule has 0 aromatic carbocycles. The highest BCUT2D eigenvalue weighted by Crippen LogP contribution is 2.06. The first-order valence-corrected chi connectivity index (χ1v) is 9.01. The monoisotopic (exact) mass is 338 g/mol. The molecule has 1 atom stereocenters. The normalized spacial score (nSPS) is 13.2. The van der Waals surface area contributed by atoms with Crippen LogP contribution in [0, 0.1) is 5.92 Å². The van der Waals surface area contributed by atoms with E-state index < -0.39 is 5.97 Å². The molecule has 138 valence electrons. The number of hydrogen-bond acceptors (Lipinski definition) is 1. The maximum Gasteiger partial charge on any atom is 0.306 e. The zero-order valence-electron chi connectivity index (χ0n) is 15.3. The SMILES string of the molecule is CCCCC/C=C\C/C=C\C/C=C\C/C=C\CCC(C)C(=O)O.F. The molecule has 0 aliphatic heterocycles. The molecule has 0 fully saturated rings. The van der Waals surface area contributed by atoms with E-state index >= 15 is 0 Å². The van der Waals surface area contributed by atoms with Gasteiger partial charge in [-0.2, -0.15) is 0 Å². The van der Waals surface area contributed by atoms with Gasteiger partial charge >= 0.3 is 5.97 Å². The van der Waals surface area contributed by atoms with Crippen molar-refractivity contribution in [3.8, 4) is 0 Å². The van der Waals surface area contributed by atoms with E-state index in [9.17, 15) is 4.79 Å². The molecule has 0 radical (unpaired) electrons. The zero-order chi connectivity index (χ0) is 17.2. The molecule has 0 heterocycles. The van der Waals surface area contributed by atoms with Gasteiger partial charge in [0.2, 0.25) is 0 Å². The van der Waals surface area contributed by atoms with Crippen LogP contribution in [0.5, 0.6) is 0 Å². The molecule has 0 saturated heterocycles. The van der Waals surface area contributed by atoms with Crippen LogP contribution in [0.25, 0.3) is 0 Å². The van der Waals surface area contributed by atoms with E-state index in [0.29, 0.717) is 6.42 Å². The Balaban J connectivity index is 0. The van der Waals surface area contributed by atoms with Crippen LogP contribution in [-0.4, -0.2) is 11.1 Å². The number of carbonyl (C=O) groups is 1. The molecule has 0 rings (SSSR count). The van der Waals surface area contributed by atoms with Crippen LogP contribution in [0.1, 0.15) is 71.6 Å². The van der Waals surface area contributed by atoms with Crippen molar-refractivity contribution in [2.24, 2.45) is 5.92 Å². The summed E-state index contributed by atoms with van der Waals surface area (Å²) in [5.74, 6) is -0.957. The fraction of sp³-hybridized carbons (Fsp3) is 0.571. The second kappa shape index (κ2) is 19.4. The van der Waals surface area contributed by atoms with Gasteiger partial charge in [-0.1, -0.05) is 75.3 Å². The van der Waals surface area contributed by atoms with Gasteiger partial charge in [-0.05, 0) is 44.9 Å². The Morgan fingerprint density at radius 3 is 1.75 bits per heavy atom. The lowest BCUT2D eigenvalue weighted by atomic mass is 10.1. The summed E-state index contributed by atoms with van der Waals surface area (Å²) in [7, 11) is 0. The summed E-state index contributed by atoms with van der Waals surface area (Å²) in [6.45, 7) is 3.98. The number of carboxylic acid groups (broad SMARTS) is 1. The summed E-state index contributed by atoms with van der Waals surface area (Å²) in [5, 5.41) is 8.76. The molecular weight excluding hydrogens is 303 g/mol. The third kappa shape index (κ3) is 18.4. The molecule has 1 N–H and O–H groups in total. The van der Waals surface area contributed by atoms with Crippen molar-refractivity contribution in [3.63, 3.8) is 0 Å². The average molecular weight is 339 g/mol. The largest absolute Gasteiger partial charge is 0.481 e. The van der Waals surface area contributed by atoms with Gasteiger partial charge in [0.25, 0.3) is 0 Å². The number of allylic oxidation sites excluding steroid dienone is 8. The molecule has 0 bridgehead atoms. The Kier molecular flexibility index (Phi) is 19.9. The summed E-state index contributed by atoms with van der Waals surface area (Å²) >= 11 is 0. The molecular formula is C21H35FO2. The number of unbranched alkanes of at least 4 members (excludes halogenated alkanes) is 3. The Hall–Kier alpha value is -1.64. The van der Waals surface area contributed by atoms with Gasteiger partial charge in [0.05, 0.1) is 5.92 Å². The lowest BCUT2D eigenvalue weighted by Crippen LogP contribution is -2.08. The van der Waals surface area contributed by atoms with Crippen LogP contribution in [-0.2, 0) is 4.79 Å². The minimum atomic E-state index is -0.708. The molecule has 0 saturated carbocycles. The summed E-state index contributed by atoms with van der Waals surface area (Å²) in [6, 6.07) is 0. The predicted molar refractivity (Wildman–Crippen MR) is 103 cm³/mol. The van der Waals surface area contributed by atoms with Crippen LogP contribution in [0.3, 0.4) is 0 Å². The fourth-order valence-corrected chi connectivity index (χ4v) is 2.03. The minimum absolute atomic E-state index is 0. The maximum atomic E-state index is 10.6. The van der Waals surface area contributed by atoms with Crippen LogP contribution in [0.2, 0.25) is 0 Å². The standard InChI is InChI=1S/C21H34O2.FH/c1-3-4-5-6-7-8-9-10-11-12-13-14-15-16-17-18-19-20(2)21(22)23;/h7-8,10-11,13-14,16-17,20H,3-6,9,12,15,18-19H2,1-2H3,(H,22,23);1H/b8-7-,11-10-,14-13-,17-16-;. The van der Waals surface area contributed by atoms with Crippen LogP contribution >= 0.6 is 0 Å². The van der Waals surface area contributed by atoms with Crippen LogP contribution < -0.4 is 0 Å². The number of carboxylic acids is 1. The van der Waals surface area contributed by atoms with Gasteiger partial charge in [0.1, 0.15) is 0 Å². The van der Waals surface area contributed by atoms with E-state index in [4.69, 9.17) is 5.11 Å². The van der Waals surface area contributed by atoms with E-state index in [1.807, 2.05) is 0 Å².